The fourth-order valence-electron chi connectivity index (χ4n) is 4.86. The summed E-state index contributed by atoms with van der Waals surface area (Å²) >= 11 is 4.00. The van der Waals surface area contributed by atoms with Gasteiger partial charge in [0, 0.05) is 39.5 Å². The summed E-state index contributed by atoms with van der Waals surface area (Å²) in [7, 11) is -5.65. The first-order valence-corrected chi connectivity index (χ1v) is 17.8. The number of sulfonamides is 1. The van der Waals surface area contributed by atoms with Crippen LogP contribution in [0.3, 0.4) is 0 Å². The van der Waals surface area contributed by atoms with Crippen molar-refractivity contribution in [3.63, 3.8) is 0 Å². The maximum Gasteiger partial charge on any atom is 0.321 e. The van der Waals surface area contributed by atoms with Crippen molar-refractivity contribution >= 4 is 49.5 Å². The first-order valence-electron chi connectivity index (χ1n) is 13.7. The van der Waals surface area contributed by atoms with Gasteiger partial charge < -0.3 is 14.5 Å². The number of ether oxygens (including phenoxy) is 2. The van der Waals surface area contributed by atoms with E-state index in [-0.39, 0.29) is 43.4 Å². The molecule has 4 rings (SSSR count). The highest BCUT2D eigenvalue weighted by molar-refractivity contribution is 7.92. The molecule has 2 aromatic heterocycles. The summed E-state index contributed by atoms with van der Waals surface area (Å²) in [6.07, 6.45) is 2.45. The van der Waals surface area contributed by atoms with E-state index in [4.69, 9.17) is 9.47 Å². The number of aromatic nitrogens is 4. The topological polar surface area (TPSA) is 174 Å². The molecule has 1 fully saturated rings. The first kappa shape index (κ1) is 32.9. The van der Waals surface area contributed by atoms with Gasteiger partial charge in [0.25, 0.3) is 5.56 Å². The average molecular weight is 657 g/mol. The molecular weight excluding hydrogens is 621 g/mol. The number of hydrogen-bond acceptors (Lipinski definition) is 12. The first-order chi connectivity index (χ1) is 20.2. The Labute approximate surface area is 255 Å². The Morgan fingerprint density at radius 1 is 1.14 bits per heavy atom. The monoisotopic (exact) mass is 656 g/mol. The number of sulfone groups is 1. The van der Waals surface area contributed by atoms with Crippen LogP contribution < -0.4 is 10.3 Å². The number of nitrogens with zero attached hydrogens (tertiary/aromatic N) is 5. The lowest BCUT2D eigenvalue weighted by Gasteiger charge is -2.33. The lowest BCUT2D eigenvalue weighted by Crippen LogP contribution is -2.50. The summed E-state index contributed by atoms with van der Waals surface area (Å²) in [5.41, 5.74) is 0.300. The number of esters is 1. The van der Waals surface area contributed by atoms with Crippen molar-refractivity contribution in [3.8, 4) is 17.1 Å². The van der Waals surface area contributed by atoms with Crippen LogP contribution in [-0.2, 0) is 42.9 Å². The molecule has 1 N–H and O–H groups in total. The van der Waals surface area contributed by atoms with Gasteiger partial charge in [0.15, 0.2) is 20.8 Å². The number of aromatic amines is 1. The number of hydrogen-bond donors (Lipinski definition) is 2. The summed E-state index contributed by atoms with van der Waals surface area (Å²) in [6, 6.07) is 4.44. The molecule has 0 aliphatic carbocycles. The molecule has 0 amide bonds. The van der Waals surface area contributed by atoms with Crippen molar-refractivity contribution in [1.29, 1.82) is 0 Å². The van der Waals surface area contributed by atoms with E-state index >= 15 is 0 Å². The van der Waals surface area contributed by atoms with Gasteiger partial charge in [0.1, 0.15) is 17.1 Å². The molecule has 1 saturated heterocycles. The van der Waals surface area contributed by atoms with Gasteiger partial charge in [0.05, 0.1) is 35.1 Å². The second-order valence-corrected chi connectivity index (χ2v) is 14.9. The predicted octanol–water partition coefficient (Wildman–Crippen LogP) is 0.825. The van der Waals surface area contributed by atoms with E-state index in [9.17, 15) is 26.4 Å². The highest BCUT2D eigenvalue weighted by Crippen LogP contribution is 2.32. The molecule has 1 aliphatic rings. The summed E-state index contributed by atoms with van der Waals surface area (Å²) in [5, 5.41) is 4.44. The second kappa shape index (κ2) is 13.3. The zero-order chi connectivity index (χ0) is 31.5. The number of thiol groups is 1. The molecule has 14 nitrogen and oxygen atoms in total. The van der Waals surface area contributed by atoms with E-state index in [2.05, 4.69) is 27.7 Å². The van der Waals surface area contributed by atoms with Crippen LogP contribution in [0.25, 0.3) is 22.4 Å². The minimum atomic E-state index is -3.96. The quantitative estimate of drug-likeness (QED) is 0.161. The number of rotatable bonds is 12. The van der Waals surface area contributed by atoms with Crippen LogP contribution in [0, 0.1) is 0 Å². The molecule has 43 heavy (non-hydrogen) atoms. The summed E-state index contributed by atoms with van der Waals surface area (Å²) < 4.78 is 63.7. The van der Waals surface area contributed by atoms with Crippen molar-refractivity contribution in [2.75, 3.05) is 51.3 Å². The Hall–Kier alpha value is -2.99. The van der Waals surface area contributed by atoms with Gasteiger partial charge >= 0.3 is 5.97 Å². The van der Waals surface area contributed by atoms with Crippen molar-refractivity contribution in [2.45, 2.75) is 37.0 Å². The third-order valence-corrected chi connectivity index (χ3v) is 10.1. The molecule has 0 radical (unpaired) electrons. The molecule has 0 saturated carbocycles. The number of H-pyrrole nitrogens is 1. The maximum atomic E-state index is 13.7. The maximum absolute atomic E-state index is 13.7. The number of piperazine rings is 1. The fraction of sp³-hybridized carbons (Fsp3) is 0.538. The Morgan fingerprint density at radius 3 is 2.47 bits per heavy atom. The van der Waals surface area contributed by atoms with Crippen LogP contribution in [-0.4, -0.2) is 109 Å². The van der Waals surface area contributed by atoms with Gasteiger partial charge in [0.2, 0.25) is 10.0 Å². The number of benzene rings is 1. The van der Waals surface area contributed by atoms with Gasteiger partial charge in [-0.25, -0.2) is 21.8 Å². The largest absolute Gasteiger partial charge is 0.493 e. The van der Waals surface area contributed by atoms with Crippen molar-refractivity contribution in [2.24, 2.45) is 7.05 Å². The molecule has 1 aromatic carbocycles. The predicted molar refractivity (Wildman–Crippen MR) is 164 cm³/mol. The van der Waals surface area contributed by atoms with E-state index < -0.39 is 42.6 Å². The van der Waals surface area contributed by atoms with E-state index in [0.29, 0.717) is 41.1 Å². The highest BCUT2D eigenvalue weighted by atomic mass is 32.2. The van der Waals surface area contributed by atoms with Gasteiger partial charge in [-0.15, -0.1) is 12.6 Å². The molecule has 17 heteroatoms. The van der Waals surface area contributed by atoms with Crippen molar-refractivity contribution in [1.82, 2.24) is 29.0 Å². The standard InChI is InChI=1S/C26H36N6O8S3/c1-5-7-19-23-24(30(3)29-19)26(34)28-25(27-23)18-14-17(8-9-20(18)39-6-2)43(37,38)32-12-10-31(11-13-32)15-21(33)40-22(41)16-42(4,35)36/h8-9,14,22,41H,5-7,10-13,15-16H2,1-4H3,(H,27,28,34). The van der Waals surface area contributed by atoms with Gasteiger partial charge in [-0.2, -0.15) is 9.40 Å². The molecule has 1 atom stereocenters. The Morgan fingerprint density at radius 2 is 1.84 bits per heavy atom. The van der Waals surface area contributed by atoms with Crippen molar-refractivity contribution in [3.05, 3.63) is 34.2 Å². The zero-order valence-corrected chi connectivity index (χ0v) is 27.0. The fourth-order valence-corrected chi connectivity index (χ4v) is 7.82. The van der Waals surface area contributed by atoms with Crippen LogP contribution in [0.4, 0.5) is 0 Å². The van der Waals surface area contributed by atoms with Gasteiger partial charge in [-0.05, 0) is 31.5 Å². The normalized spacial score (nSPS) is 15.9. The smallest absolute Gasteiger partial charge is 0.321 e. The third kappa shape index (κ3) is 7.75. The van der Waals surface area contributed by atoms with E-state index in [1.54, 1.807) is 24.9 Å². The molecule has 0 spiro atoms. The highest BCUT2D eigenvalue weighted by Gasteiger charge is 2.31. The van der Waals surface area contributed by atoms with E-state index in [1.165, 1.54) is 21.1 Å². The molecule has 1 aliphatic heterocycles. The average Bonchev–Trinajstić information content (AvgIpc) is 3.23. The molecule has 3 heterocycles. The summed E-state index contributed by atoms with van der Waals surface area (Å²) in [5.74, 6) is -0.515. The number of nitrogens with one attached hydrogen (secondary N) is 1. The minimum Gasteiger partial charge on any atom is -0.493 e. The number of carbonyl (C=O) groups is 1. The second-order valence-electron chi connectivity index (χ2n) is 10.2. The molecule has 236 valence electrons. The van der Waals surface area contributed by atoms with Crippen LogP contribution >= 0.6 is 12.6 Å². The number of carbonyl (C=O) groups excluding carboxylic acids is 1. The Kier molecular flexibility index (Phi) is 10.2. The zero-order valence-electron chi connectivity index (χ0n) is 24.4. The number of aryl methyl sites for hydroxylation is 2. The Balaban J connectivity index is 1.55. The third-order valence-electron chi connectivity index (χ3n) is 6.79. The molecular formula is C26H36N6O8S3. The van der Waals surface area contributed by atoms with E-state index in [1.807, 2.05) is 6.92 Å². The lowest BCUT2D eigenvalue weighted by atomic mass is 10.1. The summed E-state index contributed by atoms with van der Waals surface area (Å²) in [4.78, 5) is 34.5. The van der Waals surface area contributed by atoms with Gasteiger partial charge in [-0.1, -0.05) is 13.3 Å². The molecule has 1 unspecified atom stereocenters. The van der Waals surface area contributed by atoms with Crippen molar-refractivity contribution < 1.29 is 31.1 Å². The van der Waals surface area contributed by atoms with E-state index in [0.717, 1.165) is 12.7 Å². The summed E-state index contributed by atoms with van der Waals surface area (Å²) in [6.45, 7) is 4.73. The van der Waals surface area contributed by atoms with Crippen LogP contribution in [0.1, 0.15) is 26.0 Å². The van der Waals surface area contributed by atoms with Crippen LogP contribution in [0.15, 0.2) is 27.9 Å². The Bertz CT molecular complexity index is 1760. The van der Waals surface area contributed by atoms with Crippen LogP contribution in [0.2, 0.25) is 0 Å². The SMILES string of the molecule is CCCc1nn(C)c2c(=O)[nH]c(-c3cc(S(=O)(=O)N4CCN(CC(=O)OC(S)CS(C)(=O)=O)CC4)ccc3OCC)nc12. The number of fused-ring (bicyclic) bond motifs is 1. The minimum absolute atomic E-state index is 0.000202. The van der Waals surface area contributed by atoms with Gasteiger partial charge in [-0.3, -0.25) is 19.2 Å². The molecule has 0 bridgehead atoms. The lowest BCUT2D eigenvalue weighted by molar-refractivity contribution is -0.145. The molecule has 3 aromatic rings. The van der Waals surface area contributed by atoms with Crippen LogP contribution in [0.5, 0.6) is 5.75 Å².